The Bertz CT molecular complexity index is 1080. The molecule has 0 aliphatic carbocycles. The number of benzene rings is 2. The Morgan fingerprint density at radius 1 is 1.03 bits per heavy atom. The third kappa shape index (κ3) is 5.09. The molecule has 152 valence electrons. The number of carbonyl (C=O) groups is 1. The second-order valence-corrected chi connectivity index (χ2v) is 6.70. The highest BCUT2D eigenvalue weighted by atomic mass is 35.5. The summed E-state index contributed by atoms with van der Waals surface area (Å²) in [6.07, 6.45) is 0.589. The van der Waals surface area contributed by atoms with Crippen LogP contribution >= 0.6 is 11.6 Å². The first kappa shape index (κ1) is 20.7. The Balaban J connectivity index is 1.67. The van der Waals surface area contributed by atoms with Crippen LogP contribution in [0.5, 0.6) is 11.5 Å². The Kier molecular flexibility index (Phi) is 6.77. The topological polar surface area (TPSA) is 77.8 Å². The highest BCUT2D eigenvalue weighted by Crippen LogP contribution is 2.28. The minimum atomic E-state index is -0.449. The highest BCUT2D eigenvalue weighted by molar-refractivity contribution is 6.31. The van der Waals surface area contributed by atoms with Gasteiger partial charge in [0.1, 0.15) is 5.58 Å². The van der Waals surface area contributed by atoms with Crippen molar-refractivity contribution in [1.29, 1.82) is 0 Å². The molecule has 29 heavy (non-hydrogen) atoms. The van der Waals surface area contributed by atoms with Gasteiger partial charge in [0, 0.05) is 17.6 Å². The van der Waals surface area contributed by atoms with Gasteiger partial charge in [-0.05, 0) is 56.2 Å². The zero-order chi connectivity index (χ0) is 20.8. The molecule has 0 radical (unpaired) electrons. The lowest BCUT2D eigenvalue weighted by atomic mass is 10.1. The van der Waals surface area contributed by atoms with E-state index in [1.54, 1.807) is 12.1 Å². The number of ether oxygens (including phenoxy) is 2. The maximum Gasteiger partial charge on any atom is 0.287 e. The number of amides is 1. The zero-order valence-corrected chi connectivity index (χ0v) is 17.0. The first-order valence-corrected chi connectivity index (χ1v) is 9.79. The predicted octanol–water partition coefficient (Wildman–Crippen LogP) is 4.22. The van der Waals surface area contributed by atoms with Crippen LogP contribution in [-0.4, -0.2) is 25.7 Å². The highest BCUT2D eigenvalue weighted by Gasteiger charge is 2.13. The van der Waals surface area contributed by atoms with Crippen molar-refractivity contribution in [3.8, 4) is 11.5 Å². The number of rotatable bonds is 8. The van der Waals surface area contributed by atoms with Gasteiger partial charge in [0.25, 0.3) is 5.91 Å². The van der Waals surface area contributed by atoms with Gasteiger partial charge in [-0.25, -0.2) is 0 Å². The first-order valence-electron chi connectivity index (χ1n) is 9.42. The molecule has 3 rings (SSSR count). The average molecular weight is 416 g/mol. The maximum atomic E-state index is 12.4. The molecular weight excluding hydrogens is 394 g/mol. The number of hydrogen-bond donors (Lipinski definition) is 1. The molecule has 0 unspecified atom stereocenters. The minimum absolute atomic E-state index is 0.0356. The van der Waals surface area contributed by atoms with Gasteiger partial charge in [-0.1, -0.05) is 17.7 Å². The summed E-state index contributed by atoms with van der Waals surface area (Å²) in [5.74, 6) is 0.888. The van der Waals surface area contributed by atoms with Crippen LogP contribution in [0.4, 0.5) is 0 Å². The molecule has 1 N–H and O–H groups in total. The smallest absolute Gasteiger partial charge is 0.287 e. The monoisotopic (exact) mass is 415 g/mol. The summed E-state index contributed by atoms with van der Waals surface area (Å²) in [4.78, 5) is 24.6. The van der Waals surface area contributed by atoms with E-state index in [0.717, 1.165) is 5.56 Å². The van der Waals surface area contributed by atoms with Crippen LogP contribution in [-0.2, 0) is 6.42 Å². The van der Waals surface area contributed by atoms with Gasteiger partial charge in [-0.2, -0.15) is 0 Å². The van der Waals surface area contributed by atoms with E-state index in [4.69, 9.17) is 25.5 Å². The molecule has 7 heteroatoms. The quantitative estimate of drug-likeness (QED) is 0.596. The van der Waals surface area contributed by atoms with E-state index in [9.17, 15) is 9.59 Å². The third-order valence-corrected chi connectivity index (χ3v) is 4.46. The van der Waals surface area contributed by atoms with Gasteiger partial charge >= 0.3 is 0 Å². The van der Waals surface area contributed by atoms with Crippen LogP contribution in [0.25, 0.3) is 11.0 Å². The van der Waals surface area contributed by atoms with E-state index in [2.05, 4.69) is 5.32 Å². The number of hydrogen-bond acceptors (Lipinski definition) is 5. The molecule has 0 spiro atoms. The molecule has 2 aromatic carbocycles. The van der Waals surface area contributed by atoms with Crippen molar-refractivity contribution in [3.63, 3.8) is 0 Å². The normalized spacial score (nSPS) is 10.7. The van der Waals surface area contributed by atoms with Crippen LogP contribution in [0.15, 0.2) is 51.7 Å². The molecule has 3 aromatic rings. The van der Waals surface area contributed by atoms with Gasteiger partial charge < -0.3 is 19.2 Å². The molecule has 1 heterocycles. The molecule has 0 atom stereocenters. The summed E-state index contributed by atoms with van der Waals surface area (Å²) in [7, 11) is 0. The van der Waals surface area contributed by atoms with E-state index >= 15 is 0 Å². The van der Waals surface area contributed by atoms with Crippen molar-refractivity contribution in [2.24, 2.45) is 0 Å². The molecule has 0 fully saturated rings. The Hall–Kier alpha value is -2.99. The van der Waals surface area contributed by atoms with Crippen LogP contribution in [0, 0.1) is 0 Å². The van der Waals surface area contributed by atoms with Crippen molar-refractivity contribution < 1.29 is 18.7 Å². The molecule has 6 nitrogen and oxygen atoms in total. The van der Waals surface area contributed by atoms with Gasteiger partial charge in [0.05, 0.1) is 18.6 Å². The van der Waals surface area contributed by atoms with Crippen LogP contribution in [0.2, 0.25) is 5.02 Å². The second kappa shape index (κ2) is 9.47. The summed E-state index contributed by atoms with van der Waals surface area (Å²) in [5, 5.41) is 3.55. The molecular formula is C22H22ClNO5. The fourth-order valence-electron chi connectivity index (χ4n) is 2.90. The first-order chi connectivity index (χ1) is 14.0. The number of carbonyl (C=O) groups excluding carboxylic acids is 1. The van der Waals surface area contributed by atoms with Crippen LogP contribution in [0.1, 0.15) is 30.0 Å². The standard InChI is InChI=1S/C22H22ClNO5/c1-3-27-19-7-5-14(11-20(19)28-4-2)9-10-24-22(26)21-13-17(25)16-12-15(23)6-8-18(16)29-21/h5-8,11-13H,3-4,9-10H2,1-2H3,(H,24,26). The van der Waals surface area contributed by atoms with Crippen molar-refractivity contribution >= 4 is 28.5 Å². The van der Waals surface area contributed by atoms with E-state index in [1.807, 2.05) is 32.0 Å². The SMILES string of the molecule is CCOc1ccc(CCNC(=O)c2cc(=O)c3cc(Cl)ccc3o2)cc1OCC. The second-order valence-electron chi connectivity index (χ2n) is 6.27. The largest absolute Gasteiger partial charge is 0.490 e. The lowest BCUT2D eigenvalue weighted by Gasteiger charge is -2.12. The van der Waals surface area contributed by atoms with Gasteiger partial charge in [-0.3, -0.25) is 9.59 Å². The van der Waals surface area contributed by atoms with Crippen LogP contribution in [0.3, 0.4) is 0 Å². The fourth-order valence-corrected chi connectivity index (χ4v) is 3.07. The molecule has 1 aromatic heterocycles. The van der Waals surface area contributed by atoms with E-state index in [0.29, 0.717) is 53.7 Å². The number of nitrogens with one attached hydrogen (secondary N) is 1. The molecule has 0 saturated carbocycles. The van der Waals surface area contributed by atoms with Crippen LogP contribution < -0.4 is 20.2 Å². The molecule has 0 saturated heterocycles. The zero-order valence-electron chi connectivity index (χ0n) is 16.3. The summed E-state index contributed by atoms with van der Waals surface area (Å²) >= 11 is 5.90. The van der Waals surface area contributed by atoms with E-state index in [-0.39, 0.29) is 11.2 Å². The van der Waals surface area contributed by atoms with Crippen molar-refractivity contribution in [1.82, 2.24) is 5.32 Å². The van der Waals surface area contributed by atoms with E-state index < -0.39 is 5.91 Å². The molecule has 0 bridgehead atoms. The van der Waals surface area contributed by atoms with Gasteiger partial charge in [0.2, 0.25) is 0 Å². The Labute approximate surface area is 173 Å². The van der Waals surface area contributed by atoms with Crippen molar-refractivity contribution in [2.45, 2.75) is 20.3 Å². The fraction of sp³-hybridized carbons (Fsp3) is 0.273. The number of halogens is 1. The average Bonchev–Trinajstić information content (AvgIpc) is 2.70. The van der Waals surface area contributed by atoms with Crippen molar-refractivity contribution in [3.05, 3.63) is 69.0 Å². The van der Waals surface area contributed by atoms with Gasteiger partial charge in [-0.15, -0.1) is 0 Å². The number of fused-ring (bicyclic) bond motifs is 1. The lowest BCUT2D eigenvalue weighted by molar-refractivity contribution is 0.0927. The Morgan fingerprint density at radius 2 is 1.79 bits per heavy atom. The summed E-state index contributed by atoms with van der Waals surface area (Å²) < 4.78 is 16.7. The third-order valence-electron chi connectivity index (χ3n) is 4.22. The molecule has 0 aliphatic heterocycles. The molecule has 0 aliphatic rings. The lowest BCUT2D eigenvalue weighted by Crippen LogP contribution is -2.26. The summed E-state index contributed by atoms with van der Waals surface area (Å²) in [5.41, 5.74) is 0.999. The van der Waals surface area contributed by atoms with E-state index in [1.165, 1.54) is 12.1 Å². The minimum Gasteiger partial charge on any atom is -0.490 e. The molecule has 1 amide bonds. The summed E-state index contributed by atoms with van der Waals surface area (Å²) in [6, 6.07) is 11.6. The summed E-state index contributed by atoms with van der Waals surface area (Å²) in [6.45, 7) is 5.29. The maximum absolute atomic E-state index is 12.4. The van der Waals surface area contributed by atoms with Crippen molar-refractivity contribution in [2.75, 3.05) is 19.8 Å². The Morgan fingerprint density at radius 3 is 2.55 bits per heavy atom. The van der Waals surface area contributed by atoms with Gasteiger partial charge in [0.15, 0.2) is 22.7 Å². The predicted molar refractivity (Wildman–Crippen MR) is 112 cm³/mol.